The lowest BCUT2D eigenvalue weighted by Gasteiger charge is -2.30. The average Bonchev–Trinajstić information content (AvgIpc) is 2.38. The first kappa shape index (κ1) is 18.0. The Morgan fingerprint density at radius 2 is 2.33 bits per heavy atom. The maximum absolute atomic E-state index is 12.1. The van der Waals surface area contributed by atoms with Crippen molar-refractivity contribution in [2.24, 2.45) is 5.73 Å². The molecule has 1 aromatic rings. The number of piperidine rings is 1. The summed E-state index contributed by atoms with van der Waals surface area (Å²) in [6.07, 6.45) is 2.06. The molecule has 118 valence electrons. The zero-order valence-electron chi connectivity index (χ0n) is 12.0. The minimum atomic E-state index is -0.0836. The maximum atomic E-state index is 12.1. The second-order valence-electron chi connectivity index (χ2n) is 5.03. The monoisotopic (exact) mass is 333 g/mol. The molecule has 7 heteroatoms. The van der Waals surface area contributed by atoms with E-state index in [0.717, 1.165) is 25.9 Å². The summed E-state index contributed by atoms with van der Waals surface area (Å²) in [6, 6.07) is 5.30. The molecule has 1 heterocycles. The Bertz CT molecular complexity index is 485. The number of halogens is 2. The van der Waals surface area contributed by atoms with Gasteiger partial charge in [0.15, 0.2) is 0 Å². The van der Waals surface area contributed by atoms with E-state index < -0.39 is 0 Å². The number of anilines is 1. The Kier molecular flexibility index (Phi) is 7.25. The van der Waals surface area contributed by atoms with Crippen LogP contribution in [0.5, 0.6) is 5.75 Å². The van der Waals surface area contributed by atoms with E-state index in [1.165, 1.54) is 0 Å². The molecule has 1 fully saturated rings. The van der Waals surface area contributed by atoms with Gasteiger partial charge in [-0.05, 0) is 37.6 Å². The minimum Gasteiger partial charge on any atom is -0.495 e. The molecule has 0 spiro atoms. The van der Waals surface area contributed by atoms with Crippen molar-refractivity contribution in [3.63, 3.8) is 0 Å². The summed E-state index contributed by atoms with van der Waals surface area (Å²) >= 11 is 5.93. The van der Waals surface area contributed by atoms with Gasteiger partial charge in [-0.3, -0.25) is 9.69 Å². The first-order valence-corrected chi connectivity index (χ1v) is 7.07. The number of hydrogen-bond acceptors (Lipinski definition) is 4. The normalized spacial score (nSPS) is 18.7. The predicted octanol–water partition coefficient (Wildman–Crippen LogP) is 2.13. The highest BCUT2D eigenvalue weighted by atomic mass is 35.5. The summed E-state index contributed by atoms with van der Waals surface area (Å²) in [7, 11) is 1.56. The summed E-state index contributed by atoms with van der Waals surface area (Å²) < 4.78 is 5.20. The van der Waals surface area contributed by atoms with E-state index >= 15 is 0 Å². The Hall–Kier alpha value is -1.01. The van der Waals surface area contributed by atoms with Gasteiger partial charge >= 0.3 is 0 Å². The van der Waals surface area contributed by atoms with Crippen LogP contribution in [0.3, 0.4) is 0 Å². The third-order valence-electron chi connectivity index (χ3n) is 3.34. The van der Waals surface area contributed by atoms with Crippen LogP contribution in [0.1, 0.15) is 12.8 Å². The van der Waals surface area contributed by atoms with Crippen LogP contribution in [0.25, 0.3) is 0 Å². The van der Waals surface area contributed by atoms with Crippen LogP contribution < -0.4 is 15.8 Å². The van der Waals surface area contributed by atoms with E-state index in [4.69, 9.17) is 22.1 Å². The van der Waals surface area contributed by atoms with Gasteiger partial charge in [-0.15, -0.1) is 12.4 Å². The molecule has 0 bridgehead atoms. The minimum absolute atomic E-state index is 0. The van der Waals surface area contributed by atoms with Crippen molar-refractivity contribution in [1.29, 1.82) is 0 Å². The molecular weight excluding hydrogens is 313 g/mol. The van der Waals surface area contributed by atoms with Gasteiger partial charge in [-0.2, -0.15) is 0 Å². The lowest BCUT2D eigenvalue weighted by atomic mass is 10.1. The van der Waals surface area contributed by atoms with E-state index in [1.807, 2.05) is 0 Å². The van der Waals surface area contributed by atoms with Gasteiger partial charge in [0.2, 0.25) is 5.91 Å². The number of benzene rings is 1. The second-order valence-corrected chi connectivity index (χ2v) is 5.47. The van der Waals surface area contributed by atoms with Crippen molar-refractivity contribution in [1.82, 2.24) is 4.90 Å². The smallest absolute Gasteiger partial charge is 0.238 e. The third-order valence-corrected chi connectivity index (χ3v) is 3.58. The largest absolute Gasteiger partial charge is 0.495 e. The van der Waals surface area contributed by atoms with Crippen LogP contribution in [-0.2, 0) is 4.79 Å². The molecule has 1 aromatic carbocycles. The van der Waals surface area contributed by atoms with Gasteiger partial charge < -0.3 is 15.8 Å². The van der Waals surface area contributed by atoms with Gasteiger partial charge in [0, 0.05) is 17.6 Å². The maximum Gasteiger partial charge on any atom is 0.238 e. The van der Waals surface area contributed by atoms with E-state index in [9.17, 15) is 4.79 Å². The standard InChI is InChI=1S/C14H20ClN3O2.ClH/c1-20-13-5-4-10(15)7-12(13)17-14(19)9-18-6-2-3-11(16)8-18;/h4-5,7,11H,2-3,6,8-9,16H2,1H3,(H,17,19);1H. The van der Waals surface area contributed by atoms with Crippen LogP contribution in [0, 0.1) is 0 Å². The number of likely N-dealkylation sites (tertiary alicyclic amines) is 1. The molecule has 1 unspecified atom stereocenters. The zero-order valence-corrected chi connectivity index (χ0v) is 13.5. The van der Waals surface area contributed by atoms with Crippen molar-refractivity contribution in [3.8, 4) is 5.75 Å². The number of carbonyl (C=O) groups excluding carboxylic acids is 1. The molecule has 1 aliphatic rings. The molecule has 5 nitrogen and oxygen atoms in total. The first-order chi connectivity index (χ1) is 9.58. The fraction of sp³-hybridized carbons (Fsp3) is 0.500. The van der Waals surface area contributed by atoms with Crippen molar-refractivity contribution in [2.75, 3.05) is 32.1 Å². The summed E-state index contributed by atoms with van der Waals surface area (Å²) in [4.78, 5) is 14.1. The number of nitrogens with two attached hydrogens (primary N) is 1. The Morgan fingerprint density at radius 3 is 3.00 bits per heavy atom. The third kappa shape index (κ3) is 5.36. The molecule has 1 atom stereocenters. The van der Waals surface area contributed by atoms with Crippen LogP contribution >= 0.6 is 24.0 Å². The summed E-state index contributed by atoms with van der Waals surface area (Å²) in [5.41, 5.74) is 6.50. The van der Waals surface area contributed by atoms with Crippen LogP contribution in [0.2, 0.25) is 5.02 Å². The number of nitrogens with one attached hydrogen (secondary N) is 1. The van der Waals surface area contributed by atoms with E-state index in [1.54, 1.807) is 25.3 Å². The molecule has 2 rings (SSSR count). The number of rotatable bonds is 4. The van der Waals surface area contributed by atoms with Crippen molar-refractivity contribution >= 4 is 35.6 Å². The average molecular weight is 334 g/mol. The highest BCUT2D eigenvalue weighted by Gasteiger charge is 2.19. The SMILES string of the molecule is COc1ccc(Cl)cc1NC(=O)CN1CCCC(N)C1.Cl. The van der Waals surface area contributed by atoms with E-state index in [2.05, 4.69) is 10.2 Å². The van der Waals surface area contributed by atoms with Gasteiger partial charge in [0.1, 0.15) is 5.75 Å². The first-order valence-electron chi connectivity index (χ1n) is 6.70. The van der Waals surface area contributed by atoms with Crippen molar-refractivity contribution < 1.29 is 9.53 Å². The quantitative estimate of drug-likeness (QED) is 0.885. The molecule has 0 aliphatic carbocycles. The Balaban J connectivity index is 0.00000220. The van der Waals surface area contributed by atoms with Crippen LogP contribution in [0.15, 0.2) is 18.2 Å². The number of methoxy groups -OCH3 is 1. The van der Waals surface area contributed by atoms with Gasteiger partial charge in [-0.1, -0.05) is 11.6 Å². The number of amides is 1. The van der Waals surface area contributed by atoms with Crippen LogP contribution in [-0.4, -0.2) is 43.6 Å². The summed E-state index contributed by atoms with van der Waals surface area (Å²) in [6.45, 7) is 2.01. The molecule has 21 heavy (non-hydrogen) atoms. The molecule has 1 amide bonds. The van der Waals surface area contributed by atoms with Crippen molar-refractivity contribution in [2.45, 2.75) is 18.9 Å². The van der Waals surface area contributed by atoms with Crippen LogP contribution in [0.4, 0.5) is 5.69 Å². The highest BCUT2D eigenvalue weighted by molar-refractivity contribution is 6.31. The molecule has 1 saturated heterocycles. The van der Waals surface area contributed by atoms with Crippen molar-refractivity contribution in [3.05, 3.63) is 23.2 Å². The molecular formula is C14H21Cl2N3O2. The van der Waals surface area contributed by atoms with E-state index in [0.29, 0.717) is 23.0 Å². The topological polar surface area (TPSA) is 67.6 Å². The van der Waals surface area contributed by atoms with Gasteiger partial charge in [0.05, 0.1) is 19.3 Å². The molecule has 0 aromatic heterocycles. The number of nitrogens with zero attached hydrogens (tertiary/aromatic N) is 1. The number of carbonyl (C=O) groups is 1. The fourth-order valence-electron chi connectivity index (χ4n) is 2.41. The highest BCUT2D eigenvalue weighted by Crippen LogP contribution is 2.27. The second kappa shape index (κ2) is 8.44. The van der Waals surface area contributed by atoms with Gasteiger partial charge in [-0.25, -0.2) is 0 Å². The summed E-state index contributed by atoms with van der Waals surface area (Å²) in [5, 5.41) is 3.39. The predicted molar refractivity (Wildman–Crippen MR) is 87.5 cm³/mol. The summed E-state index contributed by atoms with van der Waals surface area (Å²) in [5.74, 6) is 0.512. The lowest BCUT2D eigenvalue weighted by molar-refractivity contribution is -0.117. The Morgan fingerprint density at radius 1 is 1.57 bits per heavy atom. The lowest BCUT2D eigenvalue weighted by Crippen LogP contribution is -2.45. The zero-order chi connectivity index (χ0) is 14.5. The molecule has 1 aliphatic heterocycles. The molecule has 0 radical (unpaired) electrons. The van der Waals surface area contributed by atoms with E-state index in [-0.39, 0.29) is 24.4 Å². The Labute approximate surface area is 136 Å². The fourth-order valence-corrected chi connectivity index (χ4v) is 2.58. The van der Waals surface area contributed by atoms with Gasteiger partial charge in [0.25, 0.3) is 0 Å². The number of hydrogen-bond donors (Lipinski definition) is 2. The number of ether oxygens (including phenoxy) is 1. The molecule has 0 saturated carbocycles. The molecule has 3 N–H and O–H groups in total.